The highest BCUT2D eigenvalue weighted by Crippen LogP contribution is 2.14. The summed E-state index contributed by atoms with van der Waals surface area (Å²) in [4.78, 5) is 14.0. The van der Waals surface area contributed by atoms with Gasteiger partial charge in [0.2, 0.25) is 0 Å². The van der Waals surface area contributed by atoms with E-state index in [4.69, 9.17) is 18.0 Å². The molecule has 5 heteroatoms. The van der Waals surface area contributed by atoms with E-state index in [9.17, 15) is 4.79 Å². The van der Waals surface area contributed by atoms with Crippen molar-refractivity contribution in [3.63, 3.8) is 0 Å². The van der Waals surface area contributed by atoms with Crippen LogP contribution in [0.25, 0.3) is 0 Å². The molecular weight excluding hydrogens is 282 g/mol. The van der Waals surface area contributed by atoms with E-state index in [1.165, 1.54) is 0 Å². The molecule has 4 nitrogen and oxygen atoms in total. The first-order valence-electron chi connectivity index (χ1n) is 6.53. The molecule has 0 spiro atoms. The Bertz CT molecular complexity index is 626. The number of anilines is 1. The molecule has 0 fully saturated rings. The number of amides is 2. The maximum absolute atomic E-state index is 12.1. The summed E-state index contributed by atoms with van der Waals surface area (Å²) in [7, 11) is 1.72. The van der Waals surface area contributed by atoms with Crippen molar-refractivity contribution < 1.29 is 4.79 Å². The predicted octanol–water partition coefficient (Wildman–Crippen LogP) is 2.67. The molecule has 0 bridgehead atoms. The number of nitrogens with one attached hydrogen (secondary N) is 1. The summed E-state index contributed by atoms with van der Waals surface area (Å²) in [6.07, 6.45) is 0. The maximum Gasteiger partial charge on any atom is 0.321 e. The smallest absolute Gasteiger partial charge is 0.321 e. The Morgan fingerprint density at radius 2 is 1.76 bits per heavy atom. The largest absolute Gasteiger partial charge is 0.389 e. The van der Waals surface area contributed by atoms with Crippen LogP contribution in [-0.4, -0.2) is 18.1 Å². The molecule has 0 unspecified atom stereocenters. The minimum atomic E-state index is -0.165. The second-order valence-corrected chi connectivity index (χ2v) is 5.05. The molecule has 3 N–H and O–H groups in total. The molecule has 21 heavy (non-hydrogen) atoms. The average molecular weight is 299 g/mol. The van der Waals surface area contributed by atoms with Crippen LogP contribution in [0.2, 0.25) is 0 Å². The third-order valence-corrected chi connectivity index (χ3v) is 3.37. The molecule has 0 saturated heterocycles. The van der Waals surface area contributed by atoms with E-state index >= 15 is 0 Å². The SMILES string of the molecule is CN(C(=O)NCc1ccccc1)c1ccc(C(N)=S)cc1. The molecule has 0 aliphatic rings. The highest BCUT2D eigenvalue weighted by molar-refractivity contribution is 7.80. The van der Waals surface area contributed by atoms with Crippen LogP contribution in [0, 0.1) is 0 Å². The van der Waals surface area contributed by atoms with Crippen LogP contribution in [0.1, 0.15) is 11.1 Å². The number of nitrogens with two attached hydrogens (primary N) is 1. The number of urea groups is 1. The quantitative estimate of drug-likeness (QED) is 0.853. The molecule has 2 aromatic rings. The molecule has 2 amide bonds. The maximum atomic E-state index is 12.1. The summed E-state index contributed by atoms with van der Waals surface area (Å²) in [6, 6.07) is 16.8. The van der Waals surface area contributed by atoms with Crippen molar-refractivity contribution in [1.82, 2.24) is 5.32 Å². The third kappa shape index (κ3) is 4.03. The van der Waals surface area contributed by atoms with E-state index in [0.29, 0.717) is 11.5 Å². The van der Waals surface area contributed by atoms with Crippen molar-refractivity contribution in [1.29, 1.82) is 0 Å². The van der Waals surface area contributed by atoms with Gasteiger partial charge in [-0.2, -0.15) is 0 Å². The Kier molecular flexibility index (Phi) is 4.90. The first-order chi connectivity index (χ1) is 10.1. The Morgan fingerprint density at radius 3 is 2.33 bits per heavy atom. The van der Waals surface area contributed by atoms with Gasteiger partial charge in [-0.3, -0.25) is 4.90 Å². The number of hydrogen-bond acceptors (Lipinski definition) is 2. The molecule has 0 aliphatic carbocycles. The lowest BCUT2D eigenvalue weighted by atomic mass is 10.2. The highest BCUT2D eigenvalue weighted by atomic mass is 32.1. The van der Waals surface area contributed by atoms with E-state index in [2.05, 4.69) is 5.32 Å². The number of carbonyl (C=O) groups excluding carboxylic acids is 1. The topological polar surface area (TPSA) is 58.4 Å². The van der Waals surface area contributed by atoms with E-state index < -0.39 is 0 Å². The fourth-order valence-corrected chi connectivity index (χ4v) is 1.99. The van der Waals surface area contributed by atoms with Crippen molar-refractivity contribution >= 4 is 28.9 Å². The van der Waals surface area contributed by atoms with Crippen molar-refractivity contribution in [3.8, 4) is 0 Å². The van der Waals surface area contributed by atoms with E-state index in [0.717, 1.165) is 16.8 Å². The van der Waals surface area contributed by atoms with Crippen LogP contribution < -0.4 is 16.0 Å². The van der Waals surface area contributed by atoms with Crippen molar-refractivity contribution in [3.05, 3.63) is 65.7 Å². The number of nitrogens with zero attached hydrogens (tertiary/aromatic N) is 1. The van der Waals surface area contributed by atoms with Gasteiger partial charge in [0.15, 0.2) is 0 Å². The van der Waals surface area contributed by atoms with Crippen molar-refractivity contribution in [2.75, 3.05) is 11.9 Å². The zero-order valence-electron chi connectivity index (χ0n) is 11.7. The lowest BCUT2D eigenvalue weighted by Gasteiger charge is -2.18. The van der Waals surface area contributed by atoms with Gasteiger partial charge in [-0.15, -0.1) is 0 Å². The summed E-state index contributed by atoms with van der Waals surface area (Å²) >= 11 is 4.90. The standard InChI is InChI=1S/C16H17N3OS/c1-19(14-9-7-13(8-10-14)15(17)21)16(20)18-11-12-5-3-2-4-6-12/h2-10H,11H2,1H3,(H2,17,21)(H,18,20). The van der Waals surface area contributed by atoms with Crippen molar-refractivity contribution in [2.24, 2.45) is 5.73 Å². The predicted molar refractivity (Wildman–Crippen MR) is 89.4 cm³/mol. The molecule has 2 rings (SSSR count). The Hall–Kier alpha value is -2.40. The van der Waals surface area contributed by atoms with Crippen LogP contribution >= 0.6 is 12.2 Å². The van der Waals surface area contributed by atoms with Gasteiger partial charge in [-0.1, -0.05) is 42.5 Å². The van der Waals surface area contributed by atoms with Crippen LogP contribution in [0.4, 0.5) is 10.5 Å². The molecular formula is C16H17N3OS. The number of carbonyl (C=O) groups is 1. The average Bonchev–Trinajstić information content (AvgIpc) is 2.53. The summed E-state index contributed by atoms with van der Waals surface area (Å²) in [5.74, 6) is 0. The molecule has 0 atom stereocenters. The van der Waals surface area contributed by atoms with Crippen LogP contribution in [0.5, 0.6) is 0 Å². The number of benzene rings is 2. The second-order valence-electron chi connectivity index (χ2n) is 4.61. The zero-order valence-corrected chi connectivity index (χ0v) is 12.6. The Balaban J connectivity index is 1.97. The van der Waals surface area contributed by atoms with E-state index in [1.807, 2.05) is 42.5 Å². The summed E-state index contributed by atoms with van der Waals surface area (Å²) in [6.45, 7) is 0.495. The molecule has 0 aliphatic heterocycles. The second kappa shape index (κ2) is 6.85. The molecule has 108 valence electrons. The van der Waals surface area contributed by atoms with Crippen LogP contribution in [-0.2, 0) is 6.54 Å². The summed E-state index contributed by atoms with van der Waals surface area (Å²) in [5, 5.41) is 2.87. The van der Waals surface area contributed by atoms with Crippen LogP contribution in [0.15, 0.2) is 54.6 Å². The highest BCUT2D eigenvalue weighted by Gasteiger charge is 2.10. The molecule has 0 aromatic heterocycles. The van der Waals surface area contributed by atoms with Gasteiger partial charge in [0, 0.05) is 24.8 Å². The molecule has 0 heterocycles. The number of hydrogen-bond donors (Lipinski definition) is 2. The fourth-order valence-electron chi connectivity index (χ4n) is 1.86. The number of rotatable bonds is 4. The molecule has 0 radical (unpaired) electrons. The lowest BCUT2D eigenvalue weighted by Crippen LogP contribution is -2.36. The van der Waals surface area contributed by atoms with E-state index in [-0.39, 0.29) is 6.03 Å². The van der Waals surface area contributed by atoms with Crippen molar-refractivity contribution in [2.45, 2.75) is 6.54 Å². The lowest BCUT2D eigenvalue weighted by molar-refractivity contribution is 0.247. The summed E-state index contributed by atoms with van der Waals surface area (Å²) in [5.41, 5.74) is 8.17. The van der Waals surface area contributed by atoms with Gasteiger partial charge in [-0.05, 0) is 29.8 Å². The normalized spacial score (nSPS) is 9.95. The fraction of sp³-hybridized carbons (Fsp3) is 0.125. The van der Waals surface area contributed by atoms with Gasteiger partial charge >= 0.3 is 6.03 Å². The molecule has 2 aromatic carbocycles. The molecule has 0 saturated carbocycles. The van der Waals surface area contributed by atoms with Crippen LogP contribution in [0.3, 0.4) is 0 Å². The minimum absolute atomic E-state index is 0.165. The monoisotopic (exact) mass is 299 g/mol. The van der Waals surface area contributed by atoms with Gasteiger partial charge in [0.1, 0.15) is 4.99 Å². The van der Waals surface area contributed by atoms with E-state index in [1.54, 1.807) is 24.1 Å². The van der Waals surface area contributed by atoms with Gasteiger partial charge in [-0.25, -0.2) is 4.79 Å². The summed E-state index contributed by atoms with van der Waals surface area (Å²) < 4.78 is 0. The van der Waals surface area contributed by atoms with Gasteiger partial charge < -0.3 is 11.1 Å². The first-order valence-corrected chi connectivity index (χ1v) is 6.94. The Labute approximate surface area is 129 Å². The van der Waals surface area contributed by atoms with Gasteiger partial charge in [0.25, 0.3) is 0 Å². The van der Waals surface area contributed by atoms with Gasteiger partial charge in [0.05, 0.1) is 0 Å². The minimum Gasteiger partial charge on any atom is -0.389 e. The first kappa shape index (κ1) is 15.0. The Morgan fingerprint density at radius 1 is 1.14 bits per heavy atom. The zero-order chi connectivity index (χ0) is 15.2. The third-order valence-electron chi connectivity index (χ3n) is 3.13. The number of thiocarbonyl (C=S) groups is 1.